The SMILES string of the molecule is CCCCCCCCNC1C(O)C(O)C(O)C(O)C1OC. The first kappa shape index (κ1) is 18.8. The molecule has 1 fully saturated rings. The van der Waals surface area contributed by atoms with Crippen molar-refractivity contribution >= 4 is 0 Å². The van der Waals surface area contributed by atoms with Crippen LogP contribution in [0.5, 0.6) is 0 Å². The first-order valence-electron chi connectivity index (χ1n) is 8.03. The van der Waals surface area contributed by atoms with Crippen molar-refractivity contribution < 1.29 is 25.2 Å². The molecule has 5 N–H and O–H groups in total. The number of nitrogens with one attached hydrogen (secondary N) is 1. The Bertz CT molecular complexity index is 279. The summed E-state index contributed by atoms with van der Waals surface area (Å²) in [6, 6.07) is -0.584. The van der Waals surface area contributed by atoms with E-state index < -0.39 is 36.6 Å². The van der Waals surface area contributed by atoms with Crippen LogP contribution in [0.1, 0.15) is 45.4 Å². The van der Waals surface area contributed by atoms with Crippen LogP contribution < -0.4 is 5.32 Å². The van der Waals surface area contributed by atoms with Crippen LogP contribution in [0.3, 0.4) is 0 Å². The molecule has 0 saturated heterocycles. The third kappa shape index (κ3) is 5.16. The van der Waals surface area contributed by atoms with Crippen molar-refractivity contribution in [1.82, 2.24) is 5.32 Å². The zero-order chi connectivity index (χ0) is 15.8. The van der Waals surface area contributed by atoms with E-state index in [4.69, 9.17) is 4.74 Å². The summed E-state index contributed by atoms with van der Waals surface area (Å²) in [4.78, 5) is 0. The number of unbranched alkanes of at least 4 members (excludes halogenated alkanes) is 5. The van der Waals surface area contributed by atoms with Gasteiger partial charge in [-0.3, -0.25) is 0 Å². The van der Waals surface area contributed by atoms with Crippen molar-refractivity contribution in [3.63, 3.8) is 0 Å². The summed E-state index contributed by atoms with van der Waals surface area (Å²) >= 11 is 0. The van der Waals surface area contributed by atoms with Crippen LogP contribution in [0.2, 0.25) is 0 Å². The largest absolute Gasteiger partial charge is 0.389 e. The van der Waals surface area contributed by atoms with Gasteiger partial charge in [0.2, 0.25) is 0 Å². The Morgan fingerprint density at radius 1 is 0.810 bits per heavy atom. The molecule has 0 aliphatic heterocycles. The van der Waals surface area contributed by atoms with E-state index in [1.165, 1.54) is 32.8 Å². The smallest absolute Gasteiger partial charge is 0.111 e. The number of ether oxygens (including phenoxy) is 1. The molecule has 0 aromatic carbocycles. The Balaban J connectivity index is 2.36. The minimum atomic E-state index is -1.39. The molecule has 0 aromatic heterocycles. The maximum absolute atomic E-state index is 10.0. The lowest BCUT2D eigenvalue weighted by atomic mass is 9.83. The Labute approximate surface area is 127 Å². The maximum Gasteiger partial charge on any atom is 0.111 e. The van der Waals surface area contributed by atoms with Crippen LogP contribution >= 0.6 is 0 Å². The first-order valence-corrected chi connectivity index (χ1v) is 8.03. The van der Waals surface area contributed by atoms with Gasteiger partial charge in [-0.05, 0) is 13.0 Å². The van der Waals surface area contributed by atoms with Crippen molar-refractivity contribution in [2.24, 2.45) is 0 Å². The van der Waals surface area contributed by atoms with Crippen LogP contribution in [0.4, 0.5) is 0 Å². The van der Waals surface area contributed by atoms with Crippen molar-refractivity contribution in [3.05, 3.63) is 0 Å². The standard InChI is InChI=1S/C15H31NO5/c1-3-4-5-6-7-8-9-16-10-11(17)12(18)13(19)14(20)15(10)21-2/h10-20H,3-9H2,1-2H3. The third-order valence-corrected chi connectivity index (χ3v) is 4.29. The molecule has 1 aliphatic rings. The van der Waals surface area contributed by atoms with Gasteiger partial charge in [-0.2, -0.15) is 0 Å². The molecule has 1 aliphatic carbocycles. The third-order valence-electron chi connectivity index (χ3n) is 4.29. The molecule has 6 heteroatoms. The van der Waals surface area contributed by atoms with E-state index in [0.717, 1.165) is 12.8 Å². The minimum absolute atomic E-state index is 0.584. The lowest BCUT2D eigenvalue weighted by Crippen LogP contribution is -2.68. The van der Waals surface area contributed by atoms with E-state index in [1.807, 2.05) is 0 Å². The molecular formula is C15H31NO5. The summed E-state index contributed by atoms with van der Waals surface area (Å²) in [6.07, 6.45) is 1.14. The molecule has 6 atom stereocenters. The van der Waals surface area contributed by atoms with E-state index in [0.29, 0.717) is 6.54 Å². The van der Waals surface area contributed by atoms with E-state index in [-0.39, 0.29) is 0 Å². The van der Waals surface area contributed by atoms with Gasteiger partial charge in [0.25, 0.3) is 0 Å². The van der Waals surface area contributed by atoms with Gasteiger partial charge in [0.15, 0.2) is 0 Å². The molecule has 0 amide bonds. The van der Waals surface area contributed by atoms with Gasteiger partial charge in [-0.15, -0.1) is 0 Å². The molecule has 0 bridgehead atoms. The number of aliphatic hydroxyl groups excluding tert-OH is 4. The average molecular weight is 305 g/mol. The monoisotopic (exact) mass is 305 g/mol. The average Bonchev–Trinajstić information content (AvgIpc) is 2.49. The Morgan fingerprint density at radius 2 is 1.38 bits per heavy atom. The van der Waals surface area contributed by atoms with Crippen LogP contribution in [-0.4, -0.2) is 70.6 Å². The van der Waals surface area contributed by atoms with Crippen LogP contribution in [0, 0.1) is 0 Å². The van der Waals surface area contributed by atoms with Crippen LogP contribution in [0.15, 0.2) is 0 Å². The number of aliphatic hydroxyl groups is 4. The molecule has 1 saturated carbocycles. The second-order valence-corrected chi connectivity index (χ2v) is 5.91. The van der Waals surface area contributed by atoms with Crippen molar-refractivity contribution in [2.75, 3.05) is 13.7 Å². The highest BCUT2D eigenvalue weighted by Crippen LogP contribution is 2.23. The normalized spacial score (nSPS) is 36.9. The summed E-state index contributed by atoms with van der Waals surface area (Å²) in [6.45, 7) is 2.87. The highest BCUT2D eigenvalue weighted by Gasteiger charge is 2.48. The predicted molar refractivity (Wildman–Crippen MR) is 80.0 cm³/mol. The summed E-state index contributed by atoms with van der Waals surface area (Å²) < 4.78 is 5.17. The highest BCUT2D eigenvalue weighted by molar-refractivity contribution is 5.02. The van der Waals surface area contributed by atoms with E-state index in [2.05, 4.69) is 12.2 Å². The summed E-state index contributed by atoms with van der Waals surface area (Å²) in [5.74, 6) is 0. The van der Waals surface area contributed by atoms with Gasteiger partial charge in [-0.25, -0.2) is 0 Å². The predicted octanol–water partition coefficient (Wildman–Crippen LogP) is -0.223. The van der Waals surface area contributed by atoms with Crippen LogP contribution in [0.25, 0.3) is 0 Å². The van der Waals surface area contributed by atoms with Gasteiger partial charge < -0.3 is 30.5 Å². The van der Waals surface area contributed by atoms with Crippen molar-refractivity contribution in [2.45, 2.75) is 82.0 Å². The topological polar surface area (TPSA) is 102 Å². The summed E-state index contributed by atoms with van der Waals surface area (Å²) in [5.41, 5.74) is 0. The van der Waals surface area contributed by atoms with Gasteiger partial charge in [0, 0.05) is 7.11 Å². The van der Waals surface area contributed by atoms with E-state index >= 15 is 0 Å². The maximum atomic E-state index is 10.0. The second-order valence-electron chi connectivity index (χ2n) is 5.91. The molecule has 0 spiro atoms. The van der Waals surface area contributed by atoms with Crippen molar-refractivity contribution in [1.29, 1.82) is 0 Å². The van der Waals surface area contributed by atoms with Gasteiger partial charge in [0.1, 0.15) is 30.5 Å². The lowest BCUT2D eigenvalue weighted by molar-refractivity contribution is -0.197. The van der Waals surface area contributed by atoms with Crippen LogP contribution in [-0.2, 0) is 4.74 Å². The number of hydrogen-bond acceptors (Lipinski definition) is 6. The van der Waals surface area contributed by atoms with E-state index in [1.54, 1.807) is 0 Å². The van der Waals surface area contributed by atoms with E-state index in [9.17, 15) is 20.4 Å². The van der Waals surface area contributed by atoms with Gasteiger partial charge in [-0.1, -0.05) is 39.0 Å². The second kappa shape index (κ2) is 9.71. The molecule has 0 radical (unpaired) electrons. The first-order chi connectivity index (χ1) is 10.0. The zero-order valence-corrected chi connectivity index (χ0v) is 13.1. The number of methoxy groups -OCH3 is 1. The fourth-order valence-electron chi connectivity index (χ4n) is 2.91. The van der Waals surface area contributed by atoms with Crippen molar-refractivity contribution in [3.8, 4) is 0 Å². The summed E-state index contributed by atoms with van der Waals surface area (Å²) in [5, 5.41) is 42.5. The molecular weight excluding hydrogens is 274 g/mol. The fourth-order valence-corrected chi connectivity index (χ4v) is 2.91. The Morgan fingerprint density at radius 3 is 2.00 bits per heavy atom. The molecule has 126 valence electrons. The quantitative estimate of drug-likeness (QED) is 0.377. The Hall–Kier alpha value is -0.240. The minimum Gasteiger partial charge on any atom is -0.389 e. The zero-order valence-electron chi connectivity index (χ0n) is 13.1. The molecule has 1 rings (SSSR count). The summed E-state index contributed by atoms with van der Waals surface area (Å²) in [7, 11) is 1.42. The van der Waals surface area contributed by atoms with Gasteiger partial charge in [0.05, 0.1) is 6.04 Å². The number of hydrogen-bond donors (Lipinski definition) is 5. The fraction of sp³-hybridized carbons (Fsp3) is 1.00. The molecule has 21 heavy (non-hydrogen) atoms. The Kier molecular flexibility index (Phi) is 8.70. The molecule has 0 heterocycles. The molecule has 6 nitrogen and oxygen atoms in total. The molecule has 6 unspecified atom stereocenters. The number of rotatable bonds is 9. The van der Waals surface area contributed by atoms with Gasteiger partial charge >= 0.3 is 0 Å². The highest BCUT2D eigenvalue weighted by atomic mass is 16.5. The lowest BCUT2D eigenvalue weighted by Gasteiger charge is -2.43. The molecule has 0 aromatic rings.